The van der Waals surface area contributed by atoms with E-state index in [0.29, 0.717) is 24.9 Å². The Bertz CT molecular complexity index is 993. The molecule has 2 aromatic carbocycles. The Balaban J connectivity index is 1.46. The van der Waals surface area contributed by atoms with Crippen molar-refractivity contribution in [2.24, 2.45) is 0 Å². The molecule has 0 fully saturated rings. The van der Waals surface area contributed by atoms with E-state index >= 15 is 0 Å². The van der Waals surface area contributed by atoms with Gasteiger partial charge < -0.3 is 14.6 Å². The number of anilines is 1. The predicted molar refractivity (Wildman–Crippen MR) is 102 cm³/mol. The lowest BCUT2D eigenvalue weighted by Crippen LogP contribution is -2.05. The molecule has 0 amide bonds. The third-order valence-electron chi connectivity index (χ3n) is 3.98. The van der Waals surface area contributed by atoms with Gasteiger partial charge in [-0.15, -0.1) is 0 Å². The summed E-state index contributed by atoms with van der Waals surface area (Å²) < 4.78 is 12.6. The first-order valence-electron chi connectivity index (χ1n) is 8.72. The molecule has 7 nitrogen and oxygen atoms in total. The topological polar surface area (TPSA) is 78.0 Å². The number of nitrogens with zero attached hydrogens (tertiary/aromatic N) is 4. The molecule has 0 aliphatic rings. The van der Waals surface area contributed by atoms with Gasteiger partial charge in [0.1, 0.15) is 5.75 Å². The third kappa shape index (κ3) is 3.82. The minimum atomic E-state index is 0.419. The van der Waals surface area contributed by atoms with E-state index in [0.717, 1.165) is 22.7 Å². The first-order valence-corrected chi connectivity index (χ1v) is 8.72. The molecule has 2 aromatic heterocycles. The summed E-state index contributed by atoms with van der Waals surface area (Å²) in [5.41, 5.74) is 2.76. The molecule has 4 aromatic rings. The highest BCUT2D eigenvalue weighted by atomic mass is 16.5. The van der Waals surface area contributed by atoms with Crippen LogP contribution in [-0.2, 0) is 6.54 Å². The van der Waals surface area contributed by atoms with Crippen molar-refractivity contribution in [2.45, 2.75) is 13.5 Å². The van der Waals surface area contributed by atoms with Gasteiger partial charge >= 0.3 is 0 Å². The summed E-state index contributed by atoms with van der Waals surface area (Å²) in [6, 6.07) is 17.4. The van der Waals surface area contributed by atoms with Crippen LogP contribution >= 0.6 is 0 Å². The van der Waals surface area contributed by atoms with Crippen LogP contribution in [0.1, 0.15) is 12.8 Å². The Morgan fingerprint density at radius 1 is 1.07 bits per heavy atom. The van der Waals surface area contributed by atoms with E-state index in [2.05, 4.69) is 20.6 Å². The number of aromatic nitrogens is 4. The maximum absolute atomic E-state index is 5.45. The highest BCUT2D eigenvalue weighted by Crippen LogP contribution is 2.22. The van der Waals surface area contributed by atoms with Gasteiger partial charge in [0.25, 0.3) is 0 Å². The summed E-state index contributed by atoms with van der Waals surface area (Å²) in [6.07, 6.45) is 3.65. The number of para-hydroxylation sites is 2. The minimum Gasteiger partial charge on any atom is -0.494 e. The highest BCUT2D eigenvalue weighted by Gasteiger charge is 2.10. The van der Waals surface area contributed by atoms with Gasteiger partial charge in [-0.3, -0.25) is 0 Å². The Kier molecular flexibility index (Phi) is 4.82. The van der Waals surface area contributed by atoms with E-state index in [4.69, 9.17) is 9.26 Å². The lowest BCUT2D eigenvalue weighted by atomic mass is 10.2. The van der Waals surface area contributed by atoms with Crippen LogP contribution in [0.25, 0.3) is 17.1 Å². The van der Waals surface area contributed by atoms with Crippen molar-refractivity contribution < 1.29 is 9.26 Å². The summed E-state index contributed by atoms with van der Waals surface area (Å²) in [5.74, 6) is 1.88. The van der Waals surface area contributed by atoms with E-state index in [-0.39, 0.29) is 0 Å². The first kappa shape index (κ1) is 16.8. The van der Waals surface area contributed by atoms with Crippen LogP contribution in [-0.4, -0.2) is 26.5 Å². The van der Waals surface area contributed by atoms with Gasteiger partial charge in [-0.1, -0.05) is 17.3 Å². The zero-order chi connectivity index (χ0) is 18.5. The standard InChI is InChI=1S/C20H19N5O2/c1-2-26-16-10-8-15(9-11-16)20-23-19(27-24-20)14-21-17-6-3-4-7-18(17)25-13-5-12-22-25/h3-13,21H,2,14H2,1H3. The van der Waals surface area contributed by atoms with Crippen LogP contribution in [0.5, 0.6) is 5.75 Å². The molecule has 2 heterocycles. The smallest absolute Gasteiger partial charge is 0.246 e. The van der Waals surface area contributed by atoms with Gasteiger partial charge in [0, 0.05) is 18.0 Å². The fourth-order valence-electron chi connectivity index (χ4n) is 2.72. The van der Waals surface area contributed by atoms with E-state index < -0.39 is 0 Å². The molecule has 0 radical (unpaired) electrons. The highest BCUT2D eigenvalue weighted by molar-refractivity contribution is 5.60. The van der Waals surface area contributed by atoms with E-state index in [1.807, 2.05) is 72.4 Å². The number of hydrogen-bond acceptors (Lipinski definition) is 6. The van der Waals surface area contributed by atoms with Gasteiger partial charge in [0.15, 0.2) is 0 Å². The van der Waals surface area contributed by atoms with Gasteiger partial charge in [0.05, 0.1) is 24.5 Å². The Morgan fingerprint density at radius 2 is 1.93 bits per heavy atom. The molecule has 0 saturated carbocycles. The van der Waals surface area contributed by atoms with Crippen LogP contribution < -0.4 is 10.1 Å². The molecule has 0 saturated heterocycles. The zero-order valence-corrected chi connectivity index (χ0v) is 14.9. The normalized spacial score (nSPS) is 10.7. The second kappa shape index (κ2) is 7.74. The van der Waals surface area contributed by atoms with Crippen molar-refractivity contribution >= 4 is 5.69 Å². The predicted octanol–water partition coefficient (Wildman–Crippen LogP) is 3.93. The maximum Gasteiger partial charge on any atom is 0.246 e. The monoisotopic (exact) mass is 361 g/mol. The van der Waals surface area contributed by atoms with Crippen molar-refractivity contribution in [3.63, 3.8) is 0 Å². The van der Waals surface area contributed by atoms with Crippen LogP contribution in [0.2, 0.25) is 0 Å². The van der Waals surface area contributed by atoms with Crippen molar-refractivity contribution in [2.75, 3.05) is 11.9 Å². The summed E-state index contributed by atoms with van der Waals surface area (Å²) in [5, 5.41) is 11.7. The van der Waals surface area contributed by atoms with Crippen LogP contribution in [0.15, 0.2) is 71.5 Å². The summed E-state index contributed by atoms with van der Waals surface area (Å²) in [6.45, 7) is 3.01. The van der Waals surface area contributed by atoms with E-state index in [9.17, 15) is 0 Å². The lowest BCUT2D eigenvalue weighted by Gasteiger charge is -2.10. The molecular weight excluding hydrogens is 342 g/mol. The van der Waals surface area contributed by atoms with E-state index in [1.165, 1.54) is 0 Å². The van der Waals surface area contributed by atoms with Crippen molar-refractivity contribution in [3.8, 4) is 22.8 Å². The average Bonchev–Trinajstić information content (AvgIpc) is 3.40. The molecule has 0 unspecified atom stereocenters. The molecule has 0 spiro atoms. The number of rotatable bonds is 7. The largest absolute Gasteiger partial charge is 0.494 e. The first-order chi connectivity index (χ1) is 13.3. The minimum absolute atomic E-state index is 0.419. The van der Waals surface area contributed by atoms with Crippen LogP contribution in [0.3, 0.4) is 0 Å². The maximum atomic E-state index is 5.45. The van der Waals surface area contributed by atoms with Gasteiger partial charge in [-0.2, -0.15) is 10.1 Å². The van der Waals surface area contributed by atoms with Crippen molar-refractivity contribution in [1.82, 2.24) is 19.9 Å². The molecule has 4 rings (SSSR count). The summed E-state index contributed by atoms with van der Waals surface area (Å²) >= 11 is 0. The van der Waals surface area contributed by atoms with Crippen LogP contribution in [0.4, 0.5) is 5.69 Å². The number of ether oxygens (including phenoxy) is 1. The van der Waals surface area contributed by atoms with Crippen molar-refractivity contribution in [3.05, 3.63) is 72.9 Å². The average molecular weight is 361 g/mol. The Morgan fingerprint density at radius 3 is 2.70 bits per heavy atom. The van der Waals surface area contributed by atoms with Crippen molar-refractivity contribution in [1.29, 1.82) is 0 Å². The van der Waals surface area contributed by atoms with Gasteiger partial charge in [-0.25, -0.2) is 4.68 Å². The van der Waals surface area contributed by atoms with Gasteiger partial charge in [0.2, 0.25) is 11.7 Å². The molecule has 7 heteroatoms. The number of benzene rings is 2. The lowest BCUT2D eigenvalue weighted by molar-refractivity contribution is 0.340. The molecule has 27 heavy (non-hydrogen) atoms. The Labute approximate surface area is 156 Å². The number of hydrogen-bond donors (Lipinski definition) is 1. The quantitative estimate of drug-likeness (QED) is 0.537. The fourth-order valence-corrected chi connectivity index (χ4v) is 2.72. The zero-order valence-electron chi connectivity index (χ0n) is 14.9. The second-order valence-electron chi connectivity index (χ2n) is 5.79. The summed E-state index contributed by atoms with van der Waals surface area (Å²) in [7, 11) is 0. The van der Waals surface area contributed by atoms with E-state index in [1.54, 1.807) is 6.20 Å². The molecule has 136 valence electrons. The molecule has 0 aliphatic carbocycles. The molecular formula is C20H19N5O2. The van der Waals surface area contributed by atoms with Gasteiger partial charge in [-0.05, 0) is 49.4 Å². The molecule has 1 N–H and O–H groups in total. The van der Waals surface area contributed by atoms with Crippen LogP contribution in [0, 0.1) is 0 Å². The SMILES string of the molecule is CCOc1ccc(-c2noc(CNc3ccccc3-n3cccn3)n2)cc1. The fraction of sp³-hybridized carbons (Fsp3) is 0.150. The molecule has 0 bridgehead atoms. The molecule has 0 aliphatic heterocycles. The molecule has 0 atom stereocenters. The number of nitrogens with one attached hydrogen (secondary N) is 1. The summed E-state index contributed by atoms with van der Waals surface area (Å²) in [4.78, 5) is 4.46. The second-order valence-corrected chi connectivity index (χ2v) is 5.79. The third-order valence-corrected chi connectivity index (χ3v) is 3.98. The Hall–Kier alpha value is -3.61.